The van der Waals surface area contributed by atoms with Gasteiger partial charge in [0.2, 0.25) is 0 Å². The van der Waals surface area contributed by atoms with Crippen molar-refractivity contribution in [1.82, 2.24) is 0 Å². The Morgan fingerprint density at radius 2 is 1.03 bits per heavy atom. The fourth-order valence-electron chi connectivity index (χ4n) is 4.54. The molecule has 1 unspecified atom stereocenters. The van der Waals surface area contributed by atoms with Crippen molar-refractivity contribution in [2.24, 2.45) is 0 Å². The third-order valence-corrected chi connectivity index (χ3v) is 6.89. The number of hydrogen-bond donors (Lipinski definition) is 1. The number of methoxy groups -OCH3 is 1. The number of hydrogen-bond acceptors (Lipinski definition) is 4. The van der Waals surface area contributed by atoms with Crippen molar-refractivity contribution in [2.75, 3.05) is 13.7 Å². The van der Waals surface area contributed by atoms with E-state index in [4.69, 9.17) is 4.74 Å². The molecule has 0 aromatic heterocycles. The van der Waals surface area contributed by atoms with Crippen LogP contribution in [-0.4, -0.2) is 24.8 Å². The molecule has 0 aliphatic rings. The zero-order chi connectivity index (χ0) is 25.4. The molecule has 0 spiro atoms. The van der Waals surface area contributed by atoms with Crippen LogP contribution in [0.4, 0.5) is 0 Å². The van der Waals surface area contributed by atoms with Crippen LogP contribution in [0.15, 0.2) is 24.3 Å². The van der Waals surface area contributed by atoms with Gasteiger partial charge in [0.25, 0.3) is 0 Å². The normalized spacial score (nSPS) is 12.0. The van der Waals surface area contributed by atoms with Gasteiger partial charge in [-0.3, -0.25) is 0 Å². The summed E-state index contributed by atoms with van der Waals surface area (Å²) < 4.78 is 10.3. The van der Waals surface area contributed by atoms with Gasteiger partial charge < -0.3 is 14.6 Å². The van der Waals surface area contributed by atoms with E-state index in [9.17, 15) is 9.90 Å². The number of ether oxygens (including phenoxy) is 2. The van der Waals surface area contributed by atoms with E-state index in [0.717, 1.165) is 12.2 Å². The Bertz CT molecular complexity index is 599. The number of aliphatic hydroxyl groups is 1. The largest absolute Gasteiger partial charge is 0.494 e. The van der Waals surface area contributed by atoms with Gasteiger partial charge in [0.05, 0.1) is 13.7 Å². The Balaban J connectivity index is 1.81. The lowest BCUT2D eigenvalue weighted by Gasteiger charge is -2.10. The van der Waals surface area contributed by atoms with Crippen LogP contribution >= 0.6 is 0 Å². The topological polar surface area (TPSA) is 55.8 Å². The van der Waals surface area contributed by atoms with E-state index in [0.29, 0.717) is 12.2 Å². The quantitative estimate of drug-likeness (QED) is 0.116. The van der Waals surface area contributed by atoms with Crippen molar-refractivity contribution < 1.29 is 19.4 Å². The molecule has 0 aliphatic carbocycles. The first kappa shape index (κ1) is 31.5. The molecule has 0 amide bonds. The minimum atomic E-state index is -1.24. The molecule has 1 aromatic rings. The number of aliphatic hydroxyl groups excluding tert-OH is 1. The van der Waals surface area contributed by atoms with Crippen LogP contribution < -0.4 is 4.74 Å². The van der Waals surface area contributed by atoms with E-state index < -0.39 is 12.1 Å². The predicted octanol–water partition coefficient (Wildman–Crippen LogP) is 9.09. The summed E-state index contributed by atoms with van der Waals surface area (Å²) >= 11 is 0. The average molecular weight is 491 g/mol. The number of carbonyl (C=O) groups is 1. The Morgan fingerprint density at radius 3 is 1.40 bits per heavy atom. The van der Waals surface area contributed by atoms with Gasteiger partial charge >= 0.3 is 5.97 Å². The fraction of sp³-hybridized carbons (Fsp3) is 0.774. The number of unbranched alkanes of at least 4 members (excludes halogenated alkanes) is 19. The van der Waals surface area contributed by atoms with Crippen molar-refractivity contribution >= 4 is 5.97 Å². The molecule has 35 heavy (non-hydrogen) atoms. The first-order valence-corrected chi connectivity index (χ1v) is 14.7. The summed E-state index contributed by atoms with van der Waals surface area (Å²) in [6.07, 6.45) is 26.4. The summed E-state index contributed by atoms with van der Waals surface area (Å²) in [6.45, 7) is 2.99. The zero-order valence-electron chi connectivity index (χ0n) is 22.9. The van der Waals surface area contributed by atoms with Crippen molar-refractivity contribution in [2.45, 2.75) is 141 Å². The highest BCUT2D eigenvalue weighted by molar-refractivity contribution is 5.76. The van der Waals surface area contributed by atoms with Crippen LogP contribution in [0.2, 0.25) is 0 Å². The van der Waals surface area contributed by atoms with Gasteiger partial charge in [0, 0.05) is 0 Å². The van der Waals surface area contributed by atoms with E-state index in [1.807, 2.05) is 0 Å². The molecule has 1 atom stereocenters. The first-order chi connectivity index (χ1) is 17.2. The standard InChI is InChI=1S/C31H54O4/c1-3-4-5-6-7-8-9-10-11-12-13-14-15-16-17-18-19-20-21-22-27-35-29-25-23-28(24-26-29)30(32)31(33)34-2/h23-26,30,32H,3-22,27H2,1-2H3. The molecule has 4 heteroatoms. The first-order valence-electron chi connectivity index (χ1n) is 14.7. The fourth-order valence-corrected chi connectivity index (χ4v) is 4.54. The van der Waals surface area contributed by atoms with Gasteiger partial charge in [-0.05, 0) is 24.1 Å². The van der Waals surface area contributed by atoms with Crippen molar-refractivity contribution in [3.63, 3.8) is 0 Å². The van der Waals surface area contributed by atoms with E-state index >= 15 is 0 Å². The van der Waals surface area contributed by atoms with E-state index in [1.54, 1.807) is 24.3 Å². The van der Waals surface area contributed by atoms with E-state index in [1.165, 1.54) is 129 Å². The van der Waals surface area contributed by atoms with Crippen molar-refractivity contribution in [3.05, 3.63) is 29.8 Å². The van der Waals surface area contributed by atoms with Crippen molar-refractivity contribution in [1.29, 1.82) is 0 Å². The van der Waals surface area contributed by atoms with Gasteiger partial charge in [-0.1, -0.05) is 141 Å². The summed E-state index contributed by atoms with van der Waals surface area (Å²) in [6, 6.07) is 6.98. The van der Waals surface area contributed by atoms with E-state index in [-0.39, 0.29) is 0 Å². The van der Waals surface area contributed by atoms with Crippen LogP contribution in [0.5, 0.6) is 5.75 Å². The van der Waals surface area contributed by atoms with Gasteiger partial charge in [0.1, 0.15) is 5.75 Å². The van der Waals surface area contributed by atoms with Crippen LogP contribution in [0.25, 0.3) is 0 Å². The summed E-state index contributed by atoms with van der Waals surface area (Å²) in [7, 11) is 1.27. The Labute approximate surface area is 216 Å². The molecule has 0 aliphatic heterocycles. The maximum absolute atomic E-state index is 11.4. The molecule has 1 N–H and O–H groups in total. The van der Waals surface area contributed by atoms with Crippen LogP contribution in [0, 0.1) is 0 Å². The minimum Gasteiger partial charge on any atom is -0.494 e. The molecular formula is C31H54O4. The average Bonchev–Trinajstić information content (AvgIpc) is 2.89. The summed E-state index contributed by atoms with van der Waals surface area (Å²) in [5.41, 5.74) is 0.517. The van der Waals surface area contributed by atoms with Crippen LogP contribution in [-0.2, 0) is 9.53 Å². The Hall–Kier alpha value is -1.55. The lowest BCUT2D eigenvalue weighted by molar-refractivity contribution is -0.150. The van der Waals surface area contributed by atoms with Gasteiger partial charge in [-0.15, -0.1) is 0 Å². The number of carbonyl (C=O) groups excluding carboxylic acids is 1. The maximum Gasteiger partial charge on any atom is 0.339 e. The molecule has 1 aromatic carbocycles. The van der Waals surface area contributed by atoms with Gasteiger partial charge in [-0.2, -0.15) is 0 Å². The molecule has 1 rings (SSSR count). The molecule has 0 saturated carbocycles. The van der Waals surface area contributed by atoms with Gasteiger partial charge in [0.15, 0.2) is 6.10 Å². The second kappa shape index (κ2) is 22.9. The summed E-state index contributed by atoms with van der Waals surface area (Å²) in [4.78, 5) is 11.4. The molecular weight excluding hydrogens is 436 g/mol. The number of benzene rings is 1. The SMILES string of the molecule is CCCCCCCCCCCCCCCCCCCCCCOc1ccc(C(O)C(=O)OC)cc1. The summed E-state index contributed by atoms with van der Waals surface area (Å²) in [5.74, 6) is 0.117. The molecule has 0 saturated heterocycles. The molecule has 202 valence electrons. The minimum absolute atomic E-state index is 0.517. The predicted molar refractivity (Wildman–Crippen MR) is 147 cm³/mol. The molecule has 0 radical (unpaired) electrons. The van der Waals surface area contributed by atoms with Gasteiger partial charge in [-0.25, -0.2) is 4.79 Å². The summed E-state index contributed by atoms with van der Waals surface area (Å²) in [5, 5.41) is 9.82. The lowest BCUT2D eigenvalue weighted by atomic mass is 10.0. The second-order valence-electron chi connectivity index (χ2n) is 10.1. The maximum atomic E-state index is 11.4. The number of esters is 1. The molecule has 4 nitrogen and oxygen atoms in total. The third kappa shape index (κ3) is 17.5. The van der Waals surface area contributed by atoms with Crippen molar-refractivity contribution in [3.8, 4) is 5.75 Å². The molecule has 0 bridgehead atoms. The van der Waals surface area contributed by atoms with Crippen LogP contribution in [0.1, 0.15) is 147 Å². The second-order valence-corrected chi connectivity index (χ2v) is 10.1. The Kier molecular flexibility index (Phi) is 20.6. The monoisotopic (exact) mass is 490 g/mol. The van der Waals surface area contributed by atoms with E-state index in [2.05, 4.69) is 11.7 Å². The molecule has 0 fully saturated rings. The highest BCUT2D eigenvalue weighted by Crippen LogP contribution is 2.19. The lowest BCUT2D eigenvalue weighted by Crippen LogP contribution is -2.13. The highest BCUT2D eigenvalue weighted by atomic mass is 16.5. The Morgan fingerprint density at radius 1 is 0.657 bits per heavy atom. The third-order valence-electron chi connectivity index (χ3n) is 6.89. The molecule has 0 heterocycles. The number of rotatable bonds is 24. The van der Waals surface area contributed by atoms with Crippen LogP contribution in [0.3, 0.4) is 0 Å². The zero-order valence-corrected chi connectivity index (χ0v) is 22.9. The smallest absolute Gasteiger partial charge is 0.339 e. The highest BCUT2D eigenvalue weighted by Gasteiger charge is 2.17.